The Kier molecular flexibility index (Phi) is 8.56. The molecule has 2 aromatic heterocycles. The van der Waals surface area contributed by atoms with Gasteiger partial charge < -0.3 is 13.9 Å². The SMILES string of the molecule is CC1(C)c2ccccc2-c2ccc(N(c3ccc(-c4ccc(-c5ccccc5)cc4)cc3)c3ccc4oc5ccc(-c6ccc7c(c6)c6ccccc6n7-c6ccccc6)cc5c4c3)cc21. The van der Waals surface area contributed by atoms with Crippen molar-refractivity contribution >= 4 is 60.8 Å². The number of para-hydroxylation sites is 2. The van der Waals surface area contributed by atoms with Gasteiger partial charge in [0, 0.05) is 49.7 Å². The Morgan fingerprint density at radius 3 is 1.61 bits per heavy atom. The van der Waals surface area contributed by atoms with Crippen LogP contribution in [-0.2, 0) is 5.41 Å². The molecule has 0 fully saturated rings. The first kappa shape index (κ1) is 38.1. The van der Waals surface area contributed by atoms with Crippen LogP contribution >= 0.6 is 0 Å². The Hall–Kier alpha value is -8.40. The zero-order chi connectivity index (χ0) is 43.9. The lowest BCUT2D eigenvalue weighted by molar-refractivity contribution is 0.660. The molecule has 2 heterocycles. The highest BCUT2D eigenvalue weighted by Gasteiger charge is 2.35. The summed E-state index contributed by atoms with van der Waals surface area (Å²) >= 11 is 0. The average Bonchev–Trinajstić information content (AvgIpc) is 3.99. The van der Waals surface area contributed by atoms with Crippen molar-refractivity contribution in [2.45, 2.75) is 19.3 Å². The Morgan fingerprint density at radius 2 is 0.848 bits per heavy atom. The molecule has 0 aliphatic heterocycles. The van der Waals surface area contributed by atoms with E-state index in [0.717, 1.165) is 50.3 Å². The molecule has 0 saturated carbocycles. The Balaban J connectivity index is 0.924. The maximum atomic E-state index is 6.57. The Labute approximate surface area is 384 Å². The fourth-order valence-electron chi connectivity index (χ4n) is 10.7. The molecule has 12 aromatic rings. The molecule has 1 aliphatic carbocycles. The minimum absolute atomic E-state index is 0.135. The smallest absolute Gasteiger partial charge is 0.135 e. The van der Waals surface area contributed by atoms with E-state index in [2.05, 4.69) is 254 Å². The van der Waals surface area contributed by atoms with Crippen LogP contribution in [0.4, 0.5) is 17.1 Å². The average molecular weight is 845 g/mol. The van der Waals surface area contributed by atoms with Gasteiger partial charge in [0.05, 0.1) is 11.0 Å². The summed E-state index contributed by atoms with van der Waals surface area (Å²) in [4.78, 5) is 2.40. The quantitative estimate of drug-likeness (QED) is 0.159. The summed E-state index contributed by atoms with van der Waals surface area (Å²) in [6.45, 7) is 4.70. The summed E-state index contributed by atoms with van der Waals surface area (Å²) in [6, 6.07) is 83.8. The van der Waals surface area contributed by atoms with Crippen LogP contribution in [0.3, 0.4) is 0 Å². The van der Waals surface area contributed by atoms with E-state index in [1.54, 1.807) is 0 Å². The van der Waals surface area contributed by atoms with Crippen molar-refractivity contribution in [1.29, 1.82) is 0 Å². The topological polar surface area (TPSA) is 21.3 Å². The third-order valence-corrected chi connectivity index (χ3v) is 14.0. The van der Waals surface area contributed by atoms with Crippen LogP contribution in [0, 0.1) is 0 Å². The molecule has 0 amide bonds. The maximum absolute atomic E-state index is 6.57. The monoisotopic (exact) mass is 844 g/mol. The summed E-state index contributed by atoms with van der Waals surface area (Å²) in [6.07, 6.45) is 0. The van der Waals surface area contributed by atoms with E-state index in [1.165, 1.54) is 71.9 Å². The van der Waals surface area contributed by atoms with E-state index in [-0.39, 0.29) is 5.41 Å². The summed E-state index contributed by atoms with van der Waals surface area (Å²) in [5, 5.41) is 4.65. The fourth-order valence-corrected chi connectivity index (χ4v) is 10.7. The van der Waals surface area contributed by atoms with Gasteiger partial charge in [-0.1, -0.05) is 159 Å². The molecule has 13 rings (SSSR count). The molecule has 0 N–H and O–H groups in total. The molecular weight excluding hydrogens is 801 g/mol. The third kappa shape index (κ3) is 6.04. The van der Waals surface area contributed by atoms with E-state index in [1.807, 2.05) is 0 Å². The van der Waals surface area contributed by atoms with Crippen LogP contribution in [0.25, 0.3) is 93.9 Å². The molecule has 10 aromatic carbocycles. The molecule has 1 aliphatic rings. The van der Waals surface area contributed by atoms with Gasteiger partial charge in [0.1, 0.15) is 11.2 Å². The van der Waals surface area contributed by atoms with Crippen molar-refractivity contribution in [2.24, 2.45) is 0 Å². The van der Waals surface area contributed by atoms with E-state index < -0.39 is 0 Å². The van der Waals surface area contributed by atoms with Gasteiger partial charge >= 0.3 is 0 Å². The highest BCUT2D eigenvalue weighted by atomic mass is 16.3. The fraction of sp³-hybridized carbons (Fsp3) is 0.0476. The van der Waals surface area contributed by atoms with Gasteiger partial charge in [-0.25, -0.2) is 0 Å². The molecule has 0 bridgehead atoms. The second kappa shape index (κ2) is 14.8. The Morgan fingerprint density at radius 1 is 0.348 bits per heavy atom. The zero-order valence-corrected chi connectivity index (χ0v) is 36.7. The third-order valence-electron chi connectivity index (χ3n) is 14.0. The standard InChI is InChI=1S/C63H44N2O/c1-63(2)57-19-11-9-17-51(57)52-33-31-50(40-58(52)63)64(48-29-25-44(26-30-48)43-23-21-42(22-24-43)41-13-5-3-6-14-41)49-32-36-62-56(39-49)55-38-46(28-35-61(55)66-62)45-27-34-60-54(37-45)53-18-10-12-20-59(53)65(60)47-15-7-4-8-16-47/h3-40H,1-2H3. The lowest BCUT2D eigenvalue weighted by Gasteiger charge is -2.28. The normalized spacial score (nSPS) is 12.8. The number of fused-ring (bicyclic) bond motifs is 9. The molecule has 66 heavy (non-hydrogen) atoms. The second-order valence-electron chi connectivity index (χ2n) is 18.1. The number of nitrogens with zero attached hydrogens (tertiary/aromatic N) is 2. The van der Waals surface area contributed by atoms with Crippen LogP contribution < -0.4 is 4.90 Å². The van der Waals surface area contributed by atoms with Gasteiger partial charge in [0.15, 0.2) is 0 Å². The predicted molar refractivity (Wildman–Crippen MR) is 277 cm³/mol. The first-order valence-electron chi connectivity index (χ1n) is 22.8. The first-order valence-corrected chi connectivity index (χ1v) is 22.8. The van der Waals surface area contributed by atoms with Gasteiger partial charge in [0.2, 0.25) is 0 Å². The van der Waals surface area contributed by atoms with Crippen molar-refractivity contribution in [2.75, 3.05) is 4.90 Å². The predicted octanol–water partition coefficient (Wildman–Crippen LogP) is 17.5. The minimum Gasteiger partial charge on any atom is -0.456 e. The van der Waals surface area contributed by atoms with E-state index in [9.17, 15) is 0 Å². The molecule has 0 unspecified atom stereocenters. The lowest BCUT2D eigenvalue weighted by atomic mass is 9.82. The number of benzene rings is 10. The number of hydrogen-bond donors (Lipinski definition) is 0. The second-order valence-corrected chi connectivity index (χ2v) is 18.1. The van der Waals surface area contributed by atoms with Crippen LogP contribution in [0.15, 0.2) is 235 Å². The van der Waals surface area contributed by atoms with E-state index in [4.69, 9.17) is 4.42 Å². The van der Waals surface area contributed by atoms with Crippen molar-refractivity contribution in [3.05, 3.63) is 242 Å². The zero-order valence-electron chi connectivity index (χ0n) is 36.7. The number of aromatic nitrogens is 1. The van der Waals surface area contributed by atoms with Crippen LogP contribution in [0.1, 0.15) is 25.0 Å². The van der Waals surface area contributed by atoms with Crippen molar-refractivity contribution < 1.29 is 4.42 Å². The number of rotatable bonds is 7. The summed E-state index contributed by atoms with van der Waals surface area (Å²) in [7, 11) is 0. The summed E-state index contributed by atoms with van der Waals surface area (Å²) < 4.78 is 8.94. The van der Waals surface area contributed by atoms with Gasteiger partial charge in [-0.2, -0.15) is 0 Å². The molecule has 0 radical (unpaired) electrons. The summed E-state index contributed by atoms with van der Waals surface area (Å²) in [5.41, 5.74) is 20.9. The number of furan rings is 1. The van der Waals surface area contributed by atoms with Gasteiger partial charge in [-0.05, 0) is 141 Å². The molecule has 3 heteroatoms. The van der Waals surface area contributed by atoms with Crippen LogP contribution in [0.2, 0.25) is 0 Å². The Bertz CT molecular complexity index is 3820. The number of anilines is 3. The molecular formula is C63H44N2O. The van der Waals surface area contributed by atoms with Crippen molar-refractivity contribution in [3.8, 4) is 50.2 Å². The summed E-state index contributed by atoms with van der Waals surface area (Å²) in [5.74, 6) is 0. The largest absolute Gasteiger partial charge is 0.456 e. The first-order chi connectivity index (χ1) is 32.5. The van der Waals surface area contributed by atoms with Gasteiger partial charge in [0.25, 0.3) is 0 Å². The maximum Gasteiger partial charge on any atom is 0.135 e. The molecule has 0 saturated heterocycles. The van der Waals surface area contributed by atoms with Crippen molar-refractivity contribution in [1.82, 2.24) is 4.57 Å². The van der Waals surface area contributed by atoms with E-state index in [0.29, 0.717) is 0 Å². The minimum atomic E-state index is -0.135. The molecule has 312 valence electrons. The van der Waals surface area contributed by atoms with Crippen LogP contribution in [-0.4, -0.2) is 4.57 Å². The van der Waals surface area contributed by atoms with Gasteiger partial charge in [-0.15, -0.1) is 0 Å². The van der Waals surface area contributed by atoms with E-state index >= 15 is 0 Å². The highest BCUT2D eigenvalue weighted by molar-refractivity contribution is 6.12. The van der Waals surface area contributed by atoms with Gasteiger partial charge in [-0.3, -0.25) is 0 Å². The molecule has 3 nitrogen and oxygen atoms in total. The van der Waals surface area contributed by atoms with Crippen molar-refractivity contribution in [3.63, 3.8) is 0 Å². The number of hydrogen-bond acceptors (Lipinski definition) is 2. The lowest BCUT2D eigenvalue weighted by Crippen LogP contribution is -2.16. The molecule has 0 spiro atoms. The highest BCUT2D eigenvalue weighted by Crippen LogP contribution is 2.51. The van der Waals surface area contributed by atoms with Crippen LogP contribution in [0.5, 0.6) is 0 Å². The molecule has 0 atom stereocenters.